The van der Waals surface area contributed by atoms with E-state index in [9.17, 15) is 4.79 Å². The average Bonchev–Trinajstić information content (AvgIpc) is 2.58. The van der Waals surface area contributed by atoms with Gasteiger partial charge in [0.1, 0.15) is 5.75 Å². The third-order valence-corrected chi connectivity index (χ3v) is 3.33. The first kappa shape index (κ1) is 15.6. The molecule has 0 saturated heterocycles. The molecule has 0 bridgehead atoms. The van der Waals surface area contributed by atoms with Crippen molar-refractivity contribution < 1.29 is 9.53 Å². The van der Waals surface area contributed by atoms with Gasteiger partial charge in [0.2, 0.25) is 0 Å². The Kier molecular flexibility index (Phi) is 5.56. The van der Waals surface area contributed by atoms with E-state index < -0.39 is 0 Å². The second-order valence-corrected chi connectivity index (χ2v) is 4.82. The van der Waals surface area contributed by atoms with E-state index in [0.717, 1.165) is 5.56 Å². The molecule has 0 spiro atoms. The first-order valence-electron chi connectivity index (χ1n) is 7.09. The largest absolute Gasteiger partial charge is 0.496 e. The minimum atomic E-state index is -0.128. The van der Waals surface area contributed by atoms with Crippen LogP contribution < -0.4 is 4.74 Å². The summed E-state index contributed by atoms with van der Waals surface area (Å²) < 4.78 is 5.26. The predicted molar refractivity (Wildman–Crippen MR) is 84.4 cm³/mol. The highest BCUT2D eigenvalue weighted by Gasteiger charge is 2.19. The highest BCUT2D eigenvalue weighted by Crippen LogP contribution is 2.20. The Morgan fingerprint density at radius 1 is 1.14 bits per heavy atom. The van der Waals surface area contributed by atoms with Gasteiger partial charge in [0.15, 0.2) is 0 Å². The second kappa shape index (κ2) is 7.84. The predicted octanol–water partition coefficient (Wildman–Crippen LogP) is 3.25. The molecule has 112 valence electrons. The summed E-state index contributed by atoms with van der Waals surface area (Å²) in [5.41, 5.74) is 1.54. The Bertz CT molecular complexity index is 662. The fourth-order valence-electron chi connectivity index (χ4n) is 2.23. The number of amides is 1. The van der Waals surface area contributed by atoms with Gasteiger partial charge < -0.3 is 9.64 Å². The highest BCUT2D eigenvalue weighted by atomic mass is 16.5. The Balaban J connectivity index is 2.24. The molecule has 0 aliphatic heterocycles. The minimum Gasteiger partial charge on any atom is -0.496 e. The van der Waals surface area contributed by atoms with Crippen LogP contribution in [0.3, 0.4) is 0 Å². The van der Waals surface area contributed by atoms with Gasteiger partial charge in [0.25, 0.3) is 5.91 Å². The van der Waals surface area contributed by atoms with Crippen molar-refractivity contribution in [3.63, 3.8) is 0 Å². The Hall–Kier alpha value is -2.80. The van der Waals surface area contributed by atoms with Crippen molar-refractivity contribution in [3.05, 3.63) is 65.7 Å². The van der Waals surface area contributed by atoms with Gasteiger partial charge in [0, 0.05) is 13.1 Å². The molecule has 0 aliphatic carbocycles. The van der Waals surface area contributed by atoms with Crippen LogP contribution in [0.25, 0.3) is 0 Å². The average molecular weight is 294 g/mol. The summed E-state index contributed by atoms with van der Waals surface area (Å²) in [6.07, 6.45) is 0.299. The number of methoxy groups -OCH3 is 1. The van der Waals surface area contributed by atoms with E-state index in [1.54, 1.807) is 30.2 Å². The van der Waals surface area contributed by atoms with Gasteiger partial charge in [-0.2, -0.15) is 5.26 Å². The first-order valence-corrected chi connectivity index (χ1v) is 7.09. The molecule has 0 N–H and O–H groups in total. The van der Waals surface area contributed by atoms with Crippen LogP contribution in [0.15, 0.2) is 54.6 Å². The number of nitrogens with zero attached hydrogens (tertiary/aromatic N) is 2. The molecule has 1 amide bonds. The summed E-state index contributed by atoms with van der Waals surface area (Å²) in [4.78, 5) is 14.4. The smallest absolute Gasteiger partial charge is 0.257 e. The van der Waals surface area contributed by atoms with Crippen molar-refractivity contribution in [1.29, 1.82) is 5.26 Å². The van der Waals surface area contributed by atoms with E-state index in [0.29, 0.717) is 30.8 Å². The molecule has 0 aliphatic rings. The maximum Gasteiger partial charge on any atom is 0.257 e. The number of carbonyl (C=O) groups is 1. The number of hydrogen-bond acceptors (Lipinski definition) is 3. The van der Waals surface area contributed by atoms with E-state index >= 15 is 0 Å². The third-order valence-electron chi connectivity index (χ3n) is 3.33. The highest BCUT2D eigenvalue weighted by molar-refractivity contribution is 5.96. The summed E-state index contributed by atoms with van der Waals surface area (Å²) in [5.74, 6) is 0.416. The molecule has 22 heavy (non-hydrogen) atoms. The summed E-state index contributed by atoms with van der Waals surface area (Å²) in [5, 5.41) is 8.82. The zero-order valence-electron chi connectivity index (χ0n) is 12.5. The topological polar surface area (TPSA) is 53.3 Å². The molecule has 0 radical (unpaired) electrons. The van der Waals surface area contributed by atoms with Crippen LogP contribution >= 0.6 is 0 Å². The van der Waals surface area contributed by atoms with Gasteiger partial charge in [0.05, 0.1) is 25.2 Å². The molecule has 4 heteroatoms. The molecular weight excluding hydrogens is 276 g/mol. The number of carbonyl (C=O) groups excluding carboxylic acids is 1. The lowest BCUT2D eigenvalue weighted by Crippen LogP contribution is -2.31. The number of benzene rings is 2. The van der Waals surface area contributed by atoms with Crippen molar-refractivity contribution in [2.45, 2.75) is 13.0 Å². The molecule has 0 atom stereocenters. The number of ether oxygens (including phenoxy) is 1. The zero-order valence-corrected chi connectivity index (χ0v) is 12.5. The molecule has 4 nitrogen and oxygen atoms in total. The maximum atomic E-state index is 12.8. The number of hydrogen-bond donors (Lipinski definition) is 0. The van der Waals surface area contributed by atoms with Crippen LogP contribution in [0.1, 0.15) is 22.3 Å². The van der Waals surface area contributed by atoms with E-state index in [2.05, 4.69) is 6.07 Å². The van der Waals surface area contributed by atoms with Crippen LogP contribution in [0.5, 0.6) is 5.75 Å². The maximum absolute atomic E-state index is 12.8. The normalized spacial score (nSPS) is 9.82. The lowest BCUT2D eigenvalue weighted by molar-refractivity contribution is 0.0743. The zero-order chi connectivity index (χ0) is 15.8. The molecule has 2 rings (SSSR count). The third kappa shape index (κ3) is 3.86. The van der Waals surface area contributed by atoms with Crippen molar-refractivity contribution in [1.82, 2.24) is 4.90 Å². The minimum absolute atomic E-state index is 0.128. The summed E-state index contributed by atoms with van der Waals surface area (Å²) in [7, 11) is 1.54. The first-order chi connectivity index (χ1) is 10.8. The van der Waals surface area contributed by atoms with Gasteiger partial charge in [-0.3, -0.25) is 4.79 Å². The molecule has 0 aromatic heterocycles. The number of para-hydroxylation sites is 1. The molecule has 2 aromatic rings. The summed E-state index contributed by atoms with van der Waals surface area (Å²) in [6.45, 7) is 0.863. The van der Waals surface area contributed by atoms with Crippen LogP contribution in [-0.2, 0) is 6.54 Å². The van der Waals surface area contributed by atoms with Crippen molar-refractivity contribution in [2.75, 3.05) is 13.7 Å². The van der Waals surface area contributed by atoms with E-state index in [1.165, 1.54) is 0 Å². The van der Waals surface area contributed by atoms with Gasteiger partial charge in [-0.1, -0.05) is 42.5 Å². The van der Waals surface area contributed by atoms with Gasteiger partial charge in [-0.15, -0.1) is 0 Å². The molecule has 2 aromatic carbocycles. The monoisotopic (exact) mass is 294 g/mol. The lowest BCUT2D eigenvalue weighted by Gasteiger charge is -2.22. The lowest BCUT2D eigenvalue weighted by atomic mass is 10.1. The molecule has 0 fully saturated rings. The quantitative estimate of drug-likeness (QED) is 0.821. The SMILES string of the molecule is COc1ccccc1C(=O)N(CCC#N)Cc1ccccc1. The second-order valence-electron chi connectivity index (χ2n) is 4.82. The van der Waals surface area contributed by atoms with Gasteiger partial charge in [-0.05, 0) is 17.7 Å². The Labute approximate surface area is 130 Å². The summed E-state index contributed by atoms with van der Waals surface area (Å²) in [6, 6.07) is 19.0. The number of nitriles is 1. The van der Waals surface area contributed by atoms with E-state index in [-0.39, 0.29) is 5.91 Å². The fourth-order valence-corrected chi connectivity index (χ4v) is 2.23. The molecular formula is C18H18N2O2. The summed E-state index contributed by atoms with van der Waals surface area (Å²) >= 11 is 0. The van der Waals surface area contributed by atoms with E-state index in [1.807, 2.05) is 36.4 Å². The van der Waals surface area contributed by atoms with Gasteiger partial charge in [-0.25, -0.2) is 0 Å². The van der Waals surface area contributed by atoms with Crippen molar-refractivity contribution in [2.24, 2.45) is 0 Å². The standard InChI is InChI=1S/C18H18N2O2/c1-22-17-11-6-5-10-16(17)18(21)20(13-7-12-19)14-15-8-3-2-4-9-15/h2-6,8-11H,7,13-14H2,1H3. The Morgan fingerprint density at radius 3 is 2.50 bits per heavy atom. The fraction of sp³-hybridized carbons (Fsp3) is 0.222. The van der Waals surface area contributed by atoms with Crippen molar-refractivity contribution >= 4 is 5.91 Å². The van der Waals surface area contributed by atoms with Crippen LogP contribution in [0, 0.1) is 11.3 Å². The van der Waals surface area contributed by atoms with Crippen LogP contribution in [0.4, 0.5) is 0 Å². The van der Waals surface area contributed by atoms with Crippen LogP contribution in [-0.4, -0.2) is 24.5 Å². The van der Waals surface area contributed by atoms with Crippen LogP contribution in [0.2, 0.25) is 0 Å². The molecule has 0 saturated carbocycles. The van der Waals surface area contributed by atoms with Crippen molar-refractivity contribution in [3.8, 4) is 11.8 Å². The molecule has 0 heterocycles. The molecule has 0 unspecified atom stereocenters. The van der Waals surface area contributed by atoms with Gasteiger partial charge >= 0.3 is 0 Å². The Morgan fingerprint density at radius 2 is 1.82 bits per heavy atom. The number of rotatable bonds is 6. The van der Waals surface area contributed by atoms with E-state index in [4.69, 9.17) is 10.00 Å².